The van der Waals surface area contributed by atoms with Gasteiger partial charge in [0, 0.05) is 25.6 Å². The highest BCUT2D eigenvalue weighted by atomic mass is 16.3. The highest BCUT2D eigenvalue weighted by Gasteiger charge is 2.28. The first-order valence-electron chi connectivity index (χ1n) is 9.88. The van der Waals surface area contributed by atoms with Gasteiger partial charge in [0.1, 0.15) is 5.76 Å². The summed E-state index contributed by atoms with van der Waals surface area (Å²) >= 11 is 0. The predicted molar refractivity (Wildman–Crippen MR) is 99.9 cm³/mol. The van der Waals surface area contributed by atoms with Crippen LogP contribution < -0.4 is 10.6 Å². The van der Waals surface area contributed by atoms with Crippen LogP contribution in [-0.2, 0) is 4.79 Å². The van der Waals surface area contributed by atoms with Crippen molar-refractivity contribution >= 4 is 11.8 Å². The smallest absolute Gasteiger partial charge is 0.255 e. The lowest BCUT2D eigenvalue weighted by Crippen LogP contribution is -2.47. The van der Waals surface area contributed by atoms with Gasteiger partial charge in [0.05, 0.1) is 11.8 Å². The minimum atomic E-state index is -0.0828. The molecule has 1 aromatic rings. The molecule has 0 aliphatic carbocycles. The topological polar surface area (TPSA) is 74.6 Å². The van der Waals surface area contributed by atoms with Crippen LogP contribution in [0.25, 0.3) is 0 Å². The van der Waals surface area contributed by atoms with Gasteiger partial charge in [0.2, 0.25) is 5.91 Å². The Hall–Kier alpha value is -1.82. The molecule has 6 heteroatoms. The van der Waals surface area contributed by atoms with E-state index in [4.69, 9.17) is 4.42 Å². The number of hydrogen-bond donors (Lipinski definition) is 2. The third-order valence-corrected chi connectivity index (χ3v) is 5.97. The van der Waals surface area contributed by atoms with E-state index in [1.807, 2.05) is 4.90 Å². The molecule has 144 valence electrons. The van der Waals surface area contributed by atoms with Crippen molar-refractivity contribution in [3.8, 4) is 0 Å². The van der Waals surface area contributed by atoms with Crippen LogP contribution in [0.1, 0.15) is 55.1 Å². The van der Waals surface area contributed by atoms with Crippen LogP contribution in [0.3, 0.4) is 0 Å². The molecular weight excluding hydrogens is 330 g/mol. The number of carbonyl (C=O) groups excluding carboxylic acids is 2. The maximum atomic E-state index is 12.6. The van der Waals surface area contributed by atoms with E-state index in [2.05, 4.69) is 17.6 Å². The Bertz CT molecular complexity index is 614. The van der Waals surface area contributed by atoms with Gasteiger partial charge in [-0.2, -0.15) is 0 Å². The second-order valence-electron chi connectivity index (χ2n) is 7.79. The fourth-order valence-electron chi connectivity index (χ4n) is 4.14. The highest BCUT2D eigenvalue weighted by molar-refractivity contribution is 5.95. The maximum Gasteiger partial charge on any atom is 0.255 e. The lowest BCUT2D eigenvalue weighted by Gasteiger charge is -2.34. The zero-order valence-electron chi connectivity index (χ0n) is 15.9. The normalized spacial score (nSPS) is 20.8. The summed E-state index contributed by atoms with van der Waals surface area (Å²) in [4.78, 5) is 26.9. The first-order valence-corrected chi connectivity index (χ1v) is 9.88. The SMILES string of the molecule is Cc1occc1C(=O)NC1CCN(C(=O)CC(C)C2CCNCC2)CC1. The van der Waals surface area contributed by atoms with Crippen molar-refractivity contribution in [2.24, 2.45) is 11.8 Å². The number of furan rings is 1. The van der Waals surface area contributed by atoms with E-state index in [9.17, 15) is 9.59 Å². The summed E-state index contributed by atoms with van der Waals surface area (Å²) in [5, 5.41) is 6.45. The summed E-state index contributed by atoms with van der Waals surface area (Å²) in [5.41, 5.74) is 0.597. The molecule has 2 amide bonds. The quantitative estimate of drug-likeness (QED) is 0.844. The lowest BCUT2D eigenvalue weighted by atomic mass is 9.84. The van der Waals surface area contributed by atoms with Gasteiger partial charge in [-0.05, 0) is 63.6 Å². The van der Waals surface area contributed by atoms with E-state index in [0.29, 0.717) is 29.6 Å². The monoisotopic (exact) mass is 361 g/mol. The molecule has 1 atom stereocenters. The summed E-state index contributed by atoms with van der Waals surface area (Å²) in [5.74, 6) is 1.94. The van der Waals surface area contributed by atoms with Crippen molar-refractivity contribution in [3.63, 3.8) is 0 Å². The maximum absolute atomic E-state index is 12.6. The van der Waals surface area contributed by atoms with Gasteiger partial charge in [-0.3, -0.25) is 9.59 Å². The Balaban J connectivity index is 1.42. The van der Waals surface area contributed by atoms with E-state index < -0.39 is 0 Å². The molecule has 0 radical (unpaired) electrons. The van der Waals surface area contributed by atoms with E-state index in [-0.39, 0.29) is 17.9 Å². The Morgan fingerprint density at radius 3 is 2.58 bits per heavy atom. The largest absolute Gasteiger partial charge is 0.469 e. The van der Waals surface area contributed by atoms with E-state index in [1.54, 1.807) is 13.0 Å². The minimum Gasteiger partial charge on any atom is -0.469 e. The van der Waals surface area contributed by atoms with Crippen LogP contribution in [0, 0.1) is 18.8 Å². The Kier molecular flexibility index (Phi) is 6.35. The van der Waals surface area contributed by atoms with E-state index in [1.165, 1.54) is 19.1 Å². The molecule has 2 saturated heterocycles. The number of aryl methyl sites for hydroxylation is 1. The molecule has 2 aliphatic rings. The fourth-order valence-corrected chi connectivity index (χ4v) is 4.14. The van der Waals surface area contributed by atoms with Gasteiger partial charge in [-0.1, -0.05) is 6.92 Å². The fraction of sp³-hybridized carbons (Fsp3) is 0.700. The van der Waals surface area contributed by atoms with Crippen LogP contribution in [0.2, 0.25) is 0 Å². The number of carbonyl (C=O) groups is 2. The number of amides is 2. The van der Waals surface area contributed by atoms with Gasteiger partial charge in [0.15, 0.2) is 0 Å². The van der Waals surface area contributed by atoms with E-state index in [0.717, 1.165) is 39.0 Å². The molecule has 26 heavy (non-hydrogen) atoms. The standard InChI is InChI=1S/C20H31N3O3/c1-14(16-3-8-21-9-4-16)13-19(24)23-10-5-17(6-11-23)22-20(25)18-7-12-26-15(18)2/h7,12,14,16-17,21H,3-6,8-11,13H2,1-2H3,(H,22,25). The zero-order valence-corrected chi connectivity index (χ0v) is 15.9. The molecule has 2 fully saturated rings. The van der Waals surface area contributed by atoms with Crippen LogP contribution in [-0.4, -0.2) is 48.9 Å². The molecule has 0 saturated carbocycles. The van der Waals surface area contributed by atoms with E-state index >= 15 is 0 Å². The van der Waals surface area contributed by atoms with Crippen molar-refractivity contribution < 1.29 is 14.0 Å². The molecule has 3 rings (SSSR count). The summed E-state index contributed by atoms with van der Waals surface area (Å²) in [6.07, 6.45) is 6.17. The molecule has 0 bridgehead atoms. The number of nitrogens with one attached hydrogen (secondary N) is 2. The van der Waals surface area contributed by atoms with Gasteiger partial charge in [-0.25, -0.2) is 0 Å². The van der Waals surface area contributed by atoms with Crippen LogP contribution in [0.15, 0.2) is 16.7 Å². The van der Waals surface area contributed by atoms with Crippen molar-refractivity contribution in [2.45, 2.75) is 52.0 Å². The third-order valence-electron chi connectivity index (χ3n) is 5.97. The third kappa shape index (κ3) is 4.67. The second kappa shape index (κ2) is 8.71. The molecule has 0 aromatic carbocycles. The van der Waals surface area contributed by atoms with Crippen molar-refractivity contribution in [2.75, 3.05) is 26.2 Å². The molecule has 2 N–H and O–H groups in total. The molecule has 6 nitrogen and oxygen atoms in total. The summed E-state index contributed by atoms with van der Waals surface area (Å²) in [6, 6.07) is 1.83. The van der Waals surface area contributed by atoms with Gasteiger partial charge in [-0.15, -0.1) is 0 Å². The summed E-state index contributed by atoms with van der Waals surface area (Å²) in [6.45, 7) is 7.61. The Labute approximate surface area is 155 Å². The summed E-state index contributed by atoms with van der Waals surface area (Å²) < 4.78 is 5.19. The average Bonchev–Trinajstić information content (AvgIpc) is 3.09. The van der Waals surface area contributed by atoms with Gasteiger partial charge < -0.3 is 20.0 Å². The van der Waals surface area contributed by atoms with Gasteiger partial charge in [0.25, 0.3) is 5.91 Å². The van der Waals surface area contributed by atoms with Gasteiger partial charge >= 0.3 is 0 Å². The summed E-state index contributed by atoms with van der Waals surface area (Å²) in [7, 11) is 0. The minimum absolute atomic E-state index is 0.0828. The number of nitrogens with zero attached hydrogens (tertiary/aromatic N) is 1. The number of likely N-dealkylation sites (tertiary alicyclic amines) is 1. The van der Waals surface area contributed by atoms with Crippen molar-refractivity contribution in [3.05, 3.63) is 23.7 Å². The van der Waals surface area contributed by atoms with Crippen LogP contribution in [0.5, 0.6) is 0 Å². The number of hydrogen-bond acceptors (Lipinski definition) is 4. The molecular formula is C20H31N3O3. The van der Waals surface area contributed by atoms with Crippen LogP contribution in [0.4, 0.5) is 0 Å². The molecule has 1 aromatic heterocycles. The Morgan fingerprint density at radius 1 is 1.27 bits per heavy atom. The Morgan fingerprint density at radius 2 is 1.96 bits per heavy atom. The predicted octanol–water partition coefficient (Wildman–Crippen LogP) is 2.33. The average molecular weight is 361 g/mol. The van der Waals surface area contributed by atoms with Crippen LogP contribution >= 0.6 is 0 Å². The molecule has 0 spiro atoms. The second-order valence-corrected chi connectivity index (χ2v) is 7.79. The molecule has 1 unspecified atom stereocenters. The number of rotatable bonds is 5. The lowest BCUT2D eigenvalue weighted by molar-refractivity contribution is -0.133. The zero-order chi connectivity index (χ0) is 18.5. The number of piperidine rings is 2. The first kappa shape index (κ1) is 19.0. The highest BCUT2D eigenvalue weighted by Crippen LogP contribution is 2.25. The first-order chi connectivity index (χ1) is 12.5. The molecule has 2 aliphatic heterocycles. The van der Waals surface area contributed by atoms with Crippen molar-refractivity contribution in [1.29, 1.82) is 0 Å². The van der Waals surface area contributed by atoms with Crippen molar-refractivity contribution in [1.82, 2.24) is 15.5 Å². The molecule has 3 heterocycles.